The summed E-state index contributed by atoms with van der Waals surface area (Å²) in [6.07, 6.45) is 1.58. The van der Waals surface area contributed by atoms with Crippen molar-refractivity contribution in [3.8, 4) is 6.07 Å². The molecule has 1 atom stereocenters. The molecule has 3 aromatic rings. The normalized spacial score (nSPS) is 17.8. The lowest BCUT2D eigenvalue weighted by Crippen LogP contribution is -2.27. The summed E-state index contributed by atoms with van der Waals surface area (Å²) < 4.78 is 2.76. The van der Waals surface area contributed by atoms with Crippen molar-refractivity contribution in [2.45, 2.75) is 25.9 Å². The second-order valence-electron chi connectivity index (χ2n) is 6.58. The second kappa shape index (κ2) is 6.43. The molecule has 0 aliphatic carbocycles. The van der Waals surface area contributed by atoms with Gasteiger partial charge in [0.05, 0.1) is 17.4 Å². The molecule has 0 saturated carbocycles. The summed E-state index contributed by atoms with van der Waals surface area (Å²) in [5, 5.41) is 9.73. The van der Waals surface area contributed by atoms with Crippen LogP contribution in [-0.2, 0) is 13.1 Å². The third kappa shape index (κ3) is 2.76. The van der Waals surface area contributed by atoms with Crippen molar-refractivity contribution in [2.75, 3.05) is 13.1 Å². The third-order valence-corrected chi connectivity index (χ3v) is 5.20. The first-order valence-corrected chi connectivity index (χ1v) is 8.86. The molecule has 1 N–H and O–H groups in total. The Morgan fingerprint density at radius 1 is 1.32 bits per heavy atom. The second-order valence-corrected chi connectivity index (χ2v) is 6.96. The fourth-order valence-corrected chi connectivity index (χ4v) is 4.13. The zero-order chi connectivity index (χ0) is 17.4. The molecule has 0 amide bonds. The predicted molar refractivity (Wildman–Crippen MR) is 99.8 cm³/mol. The van der Waals surface area contributed by atoms with Gasteiger partial charge in [0.15, 0.2) is 4.64 Å². The maximum absolute atomic E-state index is 9.73. The molecule has 0 saturated heterocycles. The van der Waals surface area contributed by atoms with Crippen LogP contribution < -0.4 is 0 Å². The van der Waals surface area contributed by atoms with Gasteiger partial charge in [-0.05, 0) is 5.56 Å². The number of nitriles is 1. The number of hydrogen-bond acceptors (Lipinski definition) is 4. The van der Waals surface area contributed by atoms with Crippen LogP contribution >= 0.6 is 12.2 Å². The lowest BCUT2D eigenvalue weighted by Gasteiger charge is -2.22. The summed E-state index contributed by atoms with van der Waals surface area (Å²) in [6.45, 7) is 5.75. The van der Waals surface area contributed by atoms with Gasteiger partial charge in [0.25, 0.3) is 0 Å². The first-order valence-electron chi connectivity index (χ1n) is 8.45. The average Bonchev–Trinajstić information content (AvgIpc) is 2.86. The first kappa shape index (κ1) is 16.0. The summed E-state index contributed by atoms with van der Waals surface area (Å²) in [7, 11) is 0. The van der Waals surface area contributed by atoms with Gasteiger partial charge in [-0.3, -0.25) is 4.90 Å². The van der Waals surface area contributed by atoms with Crippen molar-refractivity contribution >= 4 is 23.3 Å². The smallest absolute Gasteiger partial charge is 0.153 e. The lowest BCUT2D eigenvalue weighted by atomic mass is 10.0. The number of aromatic nitrogens is 3. The highest BCUT2D eigenvalue weighted by molar-refractivity contribution is 7.71. The quantitative estimate of drug-likeness (QED) is 0.718. The molecule has 6 heteroatoms. The Bertz CT molecular complexity index is 1010. The van der Waals surface area contributed by atoms with Crippen LogP contribution in [0.15, 0.2) is 36.7 Å². The number of nitrogens with one attached hydrogen (secondary N) is 1. The molecule has 0 fully saturated rings. The van der Waals surface area contributed by atoms with E-state index in [0.717, 1.165) is 42.9 Å². The Morgan fingerprint density at radius 2 is 2.12 bits per heavy atom. The lowest BCUT2D eigenvalue weighted by molar-refractivity contribution is 0.259. The molecular formula is C19H19N5S. The van der Waals surface area contributed by atoms with Crippen LogP contribution in [0.25, 0.3) is 11.0 Å². The van der Waals surface area contributed by atoms with Crippen molar-refractivity contribution < 1.29 is 0 Å². The molecule has 25 heavy (non-hydrogen) atoms. The number of rotatable bonds is 2. The highest BCUT2D eigenvalue weighted by atomic mass is 32.1. The minimum absolute atomic E-state index is 0.246. The first-order chi connectivity index (χ1) is 12.2. The van der Waals surface area contributed by atoms with Gasteiger partial charge in [-0.1, -0.05) is 49.5 Å². The molecule has 2 aromatic heterocycles. The highest BCUT2D eigenvalue weighted by Crippen LogP contribution is 2.32. The van der Waals surface area contributed by atoms with E-state index in [1.165, 1.54) is 5.56 Å². The van der Waals surface area contributed by atoms with E-state index in [2.05, 4.69) is 56.7 Å². The van der Waals surface area contributed by atoms with Crippen LogP contribution in [0.1, 0.15) is 29.7 Å². The van der Waals surface area contributed by atoms with Crippen LogP contribution in [0.5, 0.6) is 0 Å². The van der Waals surface area contributed by atoms with Gasteiger partial charge in [0.1, 0.15) is 11.6 Å². The zero-order valence-electron chi connectivity index (χ0n) is 14.1. The van der Waals surface area contributed by atoms with Crippen LogP contribution in [0.2, 0.25) is 0 Å². The third-order valence-electron chi connectivity index (χ3n) is 4.90. The molecular weight excluding hydrogens is 330 g/mol. The van der Waals surface area contributed by atoms with Gasteiger partial charge in [-0.25, -0.2) is 4.98 Å². The van der Waals surface area contributed by atoms with Gasteiger partial charge >= 0.3 is 0 Å². The molecule has 1 aliphatic heterocycles. The molecule has 1 aromatic carbocycles. The van der Waals surface area contributed by atoms with Crippen LogP contribution in [0.3, 0.4) is 0 Å². The molecule has 0 radical (unpaired) electrons. The molecule has 1 unspecified atom stereocenters. The van der Waals surface area contributed by atoms with Crippen LogP contribution in [-0.4, -0.2) is 32.5 Å². The fraction of sp³-hybridized carbons (Fsp3) is 0.316. The number of H-pyrrole nitrogens is 1. The number of hydrogen-bond donors (Lipinski definition) is 1. The Morgan fingerprint density at radius 3 is 2.88 bits per heavy atom. The maximum atomic E-state index is 9.73. The number of aromatic amines is 1. The molecule has 126 valence electrons. The molecule has 3 heterocycles. The zero-order valence-corrected chi connectivity index (χ0v) is 14.9. The van der Waals surface area contributed by atoms with Crippen molar-refractivity contribution in [3.05, 3.63) is 58.1 Å². The number of nitrogens with zero attached hydrogens (tertiary/aromatic N) is 4. The molecule has 5 nitrogen and oxygen atoms in total. The Hall–Kier alpha value is -2.49. The molecule has 0 spiro atoms. The van der Waals surface area contributed by atoms with Gasteiger partial charge in [0, 0.05) is 37.8 Å². The predicted octanol–water partition coefficient (Wildman–Crippen LogP) is 3.58. The maximum Gasteiger partial charge on any atom is 0.153 e. The largest absolute Gasteiger partial charge is 0.343 e. The van der Waals surface area contributed by atoms with E-state index in [1.54, 1.807) is 6.33 Å². The minimum Gasteiger partial charge on any atom is -0.343 e. The van der Waals surface area contributed by atoms with Crippen LogP contribution in [0.4, 0.5) is 0 Å². The van der Waals surface area contributed by atoms with Gasteiger partial charge in [-0.2, -0.15) is 5.26 Å². The Labute approximate surface area is 151 Å². The van der Waals surface area contributed by atoms with Crippen molar-refractivity contribution in [1.82, 2.24) is 19.4 Å². The van der Waals surface area contributed by atoms with E-state index in [9.17, 15) is 5.26 Å². The molecule has 1 aliphatic rings. The standard InChI is InChI=1S/C19H19N5S/c1-13-10-23(11-14-5-3-2-4-6-14)7-8-24-17(13)15(9-20)16-18(24)19(25)22-12-21-16/h2-6,12-13H,7-8,10-11H2,1H3,(H,21,22,25). The summed E-state index contributed by atoms with van der Waals surface area (Å²) in [4.78, 5) is 9.79. The number of benzene rings is 1. The Kier molecular flexibility index (Phi) is 4.12. The van der Waals surface area contributed by atoms with E-state index in [4.69, 9.17) is 12.2 Å². The summed E-state index contributed by atoms with van der Waals surface area (Å²) in [5.74, 6) is 0.246. The molecule has 0 bridgehead atoms. The Balaban J connectivity index is 1.75. The van der Waals surface area contributed by atoms with E-state index in [1.807, 2.05) is 6.07 Å². The highest BCUT2D eigenvalue weighted by Gasteiger charge is 2.27. The molecule has 4 rings (SSSR count). The fourth-order valence-electron chi connectivity index (χ4n) is 3.87. The topological polar surface area (TPSA) is 60.6 Å². The van der Waals surface area contributed by atoms with Gasteiger partial charge in [0.2, 0.25) is 0 Å². The average molecular weight is 349 g/mol. The SMILES string of the molecule is CC1CN(Cc2ccccc2)CCn2c1c(C#N)c1[nH]cnc(=S)c12. The summed E-state index contributed by atoms with van der Waals surface area (Å²) >= 11 is 5.44. The summed E-state index contributed by atoms with van der Waals surface area (Å²) in [6, 6.07) is 12.9. The summed E-state index contributed by atoms with van der Waals surface area (Å²) in [5.41, 5.74) is 4.80. The monoisotopic (exact) mass is 349 g/mol. The number of fused-ring (bicyclic) bond motifs is 3. The van der Waals surface area contributed by atoms with Crippen LogP contribution in [0, 0.1) is 16.0 Å². The van der Waals surface area contributed by atoms with E-state index >= 15 is 0 Å². The van der Waals surface area contributed by atoms with E-state index in [0.29, 0.717) is 10.2 Å². The van der Waals surface area contributed by atoms with Crippen molar-refractivity contribution in [2.24, 2.45) is 0 Å². The van der Waals surface area contributed by atoms with Gasteiger partial charge in [-0.15, -0.1) is 0 Å². The van der Waals surface area contributed by atoms with Crippen molar-refractivity contribution in [3.63, 3.8) is 0 Å². The van der Waals surface area contributed by atoms with Gasteiger partial charge < -0.3 is 9.55 Å². The van der Waals surface area contributed by atoms with E-state index in [-0.39, 0.29) is 5.92 Å². The van der Waals surface area contributed by atoms with E-state index < -0.39 is 0 Å². The minimum atomic E-state index is 0.246. The van der Waals surface area contributed by atoms with Crippen molar-refractivity contribution in [1.29, 1.82) is 5.26 Å².